The molecule has 0 saturated heterocycles. The van der Waals surface area contributed by atoms with Gasteiger partial charge in [0.05, 0.1) is 19.5 Å². The Morgan fingerprint density at radius 2 is 2.25 bits per heavy atom. The van der Waals surface area contributed by atoms with Gasteiger partial charge in [-0.15, -0.1) is 0 Å². The van der Waals surface area contributed by atoms with Crippen molar-refractivity contribution in [1.29, 1.82) is 0 Å². The summed E-state index contributed by atoms with van der Waals surface area (Å²) in [5.74, 6) is 0. The number of nitrogens with zero attached hydrogens (tertiary/aromatic N) is 2. The molecule has 1 heterocycles. The third-order valence-corrected chi connectivity index (χ3v) is 3.05. The molecule has 0 unspecified atom stereocenters. The predicted molar refractivity (Wildman–Crippen MR) is 67.3 cm³/mol. The number of hydrogen-bond donors (Lipinski definition) is 1. The van der Waals surface area contributed by atoms with E-state index in [2.05, 4.69) is 28.1 Å². The molecule has 1 aliphatic rings. The van der Waals surface area contributed by atoms with Gasteiger partial charge in [-0.1, -0.05) is 26.0 Å². The van der Waals surface area contributed by atoms with Crippen molar-refractivity contribution in [3.63, 3.8) is 0 Å². The summed E-state index contributed by atoms with van der Waals surface area (Å²) in [4.78, 5) is 6.34. The fourth-order valence-electron chi connectivity index (χ4n) is 1.77. The van der Waals surface area contributed by atoms with Crippen LogP contribution in [0.3, 0.4) is 0 Å². The first-order chi connectivity index (χ1) is 7.63. The molecule has 0 aliphatic carbocycles. The van der Waals surface area contributed by atoms with Crippen molar-refractivity contribution < 1.29 is 5.11 Å². The van der Waals surface area contributed by atoms with Gasteiger partial charge in [0.25, 0.3) is 0 Å². The van der Waals surface area contributed by atoms with Crippen LogP contribution in [0.2, 0.25) is 0 Å². The molecule has 16 heavy (non-hydrogen) atoms. The lowest BCUT2D eigenvalue weighted by molar-refractivity contribution is 0.218. The zero-order valence-electron chi connectivity index (χ0n) is 9.85. The van der Waals surface area contributed by atoms with E-state index in [-0.39, 0.29) is 12.0 Å². The van der Waals surface area contributed by atoms with Gasteiger partial charge < -0.3 is 10.0 Å². The van der Waals surface area contributed by atoms with E-state index in [0.717, 1.165) is 24.3 Å². The van der Waals surface area contributed by atoms with E-state index in [1.54, 1.807) is 0 Å². The summed E-state index contributed by atoms with van der Waals surface area (Å²) in [6.45, 7) is 6.07. The van der Waals surface area contributed by atoms with Crippen molar-refractivity contribution in [3.8, 4) is 0 Å². The lowest BCUT2D eigenvalue weighted by Gasteiger charge is -2.24. The van der Waals surface area contributed by atoms with Gasteiger partial charge in [-0.3, -0.25) is 4.99 Å². The number of aliphatic imine (C=N–C) groups is 1. The Hall–Kier alpha value is -1.35. The number of anilines is 1. The molecule has 1 N–H and O–H groups in total. The maximum absolute atomic E-state index is 9.36. The van der Waals surface area contributed by atoms with E-state index >= 15 is 0 Å². The Morgan fingerprint density at radius 1 is 1.44 bits per heavy atom. The van der Waals surface area contributed by atoms with Crippen LogP contribution in [0.25, 0.3) is 0 Å². The lowest BCUT2D eigenvalue weighted by Crippen LogP contribution is -2.23. The van der Waals surface area contributed by atoms with Crippen LogP contribution in [0.5, 0.6) is 0 Å². The summed E-state index contributed by atoms with van der Waals surface area (Å²) >= 11 is 0. The van der Waals surface area contributed by atoms with Crippen LogP contribution >= 0.6 is 0 Å². The second-order valence-electron chi connectivity index (χ2n) is 4.81. The number of hydrogen-bond acceptors (Lipinski definition) is 3. The van der Waals surface area contributed by atoms with E-state index in [1.165, 1.54) is 0 Å². The average Bonchev–Trinajstić information content (AvgIpc) is 2.83. The standard InChI is InChI=1S/C13H18N2O/c1-13(2,9-16)11-4-3-5-12(8-11)15-7-6-14-10-15/h3-5,8,10,16H,6-7,9H2,1-2H3. The molecule has 0 atom stereocenters. The Bertz CT molecular complexity index is 399. The molecule has 1 aromatic rings. The summed E-state index contributed by atoms with van der Waals surface area (Å²) in [5.41, 5.74) is 2.13. The molecule has 0 aromatic heterocycles. The van der Waals surface area contributed by atoms with Crippen molar-refractivity contribution in [2.75, 3.05) is 24.6 Å². The molecule has 1 aliphatic heterocycles. The van der Waals surface area contributed by atoms with E-state index in [1.807, 2.05) is 26.3 Å². The van der Waals surface area contributed by atoms with E-state index < -0.39 is 0 Å². The second kappa shape index (κ2) is 4.26. The third kappa shape index (κ3) is 2.09. The summed E-state index contributed by atoms with van der Waals surface area (Å²) in [6.07, 6.45) is 1.88. The molecule has 0 bridgehead atoms. The van der Waals surface area contributed by atoms with Crippen LogP contribution in [0, 0.1) is 0 Å². The van der Waals surface area contributed by atoms with Crippen molar-refractivity contribution >= 4 is 12.0 Å². The molecule has 0 spiro atoms. The number of rotatable bonds is 3. The molecular formula is C13H18N2O. The van der Waals surface area contributed by atoms with Crippen molar-refractivity contribution in [2.24, 2.45) is 4.99 Å². The van der Waals surface area contributed by atoms with Gasteiger partial charge in [0.1, 0.15) is 0 Å². The van der Waals surface area contributed by atoms with E-state index in [4.69, 9.17) is 0 Å². The van der Waals surface area contributed by atoms with Gasteiger partial charge in [0.2, 0.25) is 0 Å². The number of aliphatic hydroxyl groups is 1. The fraction of sp³-hybridized carbons (Fsp3) is 0.462. The number of aliphatic hydroxyl groups excluding tert-OH is 1. The minimum Gasteiger partial charge on any atom is -0.395 e. The summed E-state index contributed by atoms with van der Waals surface area (Å²) in [6, 6.07) is 8.31. The molecule has 0 saturated carbocycles. The van der Waals surface area contributed by atoms with Crippen LogP contribution in [-0.2, 0) is 5.41 Å². The number of benzene rings is 1. The molecule has 0 amide bonds. The highest BCUT2D eigenvalue weighted by atomic mass is 16.3. The lowest BCUT2D eigenvalue weighted by atomic mass is 9.85. The Balaban J connectivity index is 2.29. The Labute approximate surface area is 96.4 Å². The summed E-state index contributed by atoms with van der Waals surface area (Å²) in [5, 5.41) is 9.36. The maximum Gasteiger partial charge on any atom is 0.0895 e. The minimum atomic E-state index is -0.188. The highest BCUT2D eigenvalue weighted by Crippen LogP contribution is 2.26. The molecule has 1 aromatic carbocycles. The molecule has 86 valence electrons. The fourth-order valence-corrected chi connectivity index (χ4v) is 1.77. The van der Waals surface area contributed by atoms with Gasteiger partial charge in [0.15, 0.2) is 0 Å². The zero-order chi connectivity index (χ0) is 11.6. The van der Waals surface area contributed by atoms with Crippen LogP contribution in [0.1, 0.15) is 19.4 Å². The van der Waals surface area contributed by atoms with Crippen LogP contribution in [0.4, 0.5) is 5.69 Å². The van der Waals surface area contributed by atoms with Crippen LogP contribution in [-0.4, -0.2) is 31.1 Å². The highest BCUT2D eigenvalue weighted by Gasteiger charge is 2.20. The SMILES string of the molecule is CC(C)(CO)c1cccc(N2C=NCC2)c1. The highest BCUT2D eigenvalue weighted by molar-refractivity contribution is 5.81. The monoisotopic (exact) mass is 218 g/mol. The predicted octanol–water partition coefficient (Wildman–Crippen LogP) is 1.80. The topological polar surface area (TPSA) is 35.8 Å². The van der Waals surface area contributed by atoms with Gasteiger partial charge in [-0.05, 0) is 17.7 Å². The molecule has 2 rings (SSSR count). The molecule has 3 nitrogen and oxygen atoms in total. The maximum atomic E-state index is 9.36. The molecule has 0 radical (unpaired) electrons. The van der Waals surface area contributed by atoms with Crippen molar-refractivity contribution in [2.45, 2.75) is 19.3 Å². The first-order valence-corrected chi connectivity index (χ1v) is 5.61. The van der Waals surface area contributed by atoms with Crippen LogP contribution < -0.4 is 4.90 Å². The van der Waals surface area contributed by atoms with Gasteiger partial charge >= 0.3 is 0 Å². The molecule has 0 fully saturated rings. The molecule has 3 heteroatoms. The molecular weight excluding hydrogens is 200 g/mol. The first kappa shape index (κ1) is 11.1. The zero-order valence-corrected chi connectivity index (χ0v) is 9.85. The van der Waals surface area contributed by atoms with Gasteiger partial charge in [0, 0.05) is 17.6 Å². The van der Waals surface area contributed by atoms with E-state index in [9.17, 15) is 5.11 Å². The Kier molecular flexibility index (Phi) is 2.97. The first-order valence-electron chi connectivity index (χ1n) is 5.61. The summed E-state index contributed by atoms with van der Waals surface area (Å²) in [7, 11) is 0. The third-order valence-electron chi connectivity index (χ3n) is 3.05. The smallest absolute Gasteiger partial charge is 0.0895 e. The van der Waals surface area contributed by atoms with E-state index in [0.29, 0.717) is 0 Å². The Morgan fingerprint density at radius 3 is 2.88 bits per heavy atom. The van der Waals surface area contributed by atoms with Gasteiger partial charge in [-0.2, -0.15) is 0 Å². The van der Waals surface area contributed by atoms with Crippen molar-refractivity contribution in [1.82, 2.24) is 0 Å². The van der Waals surface area contributed by atoms with Crippen LogP contribution in [0.15, 0.2) is 29.3 Å². The largest absolute Gasteiger partial charge is 0.395 e. The summed E-state index contributed by atoms with van der Waals surface area (Å²) < 4.78 is 0. The van der Waals surface area contributed by atoms with Gasteiger partial charge in [-0.25, -0.2) is 0 Å². The normalized spacial score (nSPS) is 15.8. The second-order valence-corrected chi connectivity index (χ2v) is 4.81. The van der Waals surface area contributed by atoms with Crippen molar-refractivity contribution in [3.05, 3.63) is 29.8 Å². The average molecular weight is 218 g/mol. The quantitative estimate of drug-likeness (QED) is 0.839. The minimum absolute atomic E-state index is 0.157.